The Labute approximate surface area is 299 Å². The quantitative estimate of drug-likeness (QED) is 0.336. The molecule has 6 rings (SSSR count). The number of halogens is 2. The number of allylic oxidation sites excluding steroid dienone is 1. The maximum Gasteiger partial charge on any atom is 0.313 e. The molecule has 4 aliphatic heterocycles. The molecular formula is C37H41BrClN3O7. The molecule has 2 aromatic rings. The lowest BCUT2D eigenvalue weighted by molar-refractivity contribution is -0.164. The molecule has 0 unspecified atom stereocenters. The van der Waals surface area contributed by atoms with Gasteiger partial charge in [-0.15, -0.1) is 0 Å². The van der Waals surface area contributed by atoms with Crippen molar-refractivity contribution in [1.29, 1.82) is 0 Å². The van der Waals surface area contributed by atoms with Crippen LogP contribution in [0, 0.1) is 17.8 Å². The fraction of sp³-hybridized carbons (Fsp3) is 0.459. The first-order chi connectivity index (χ1) is 23.4. The molecule has 4 aliphatic rings. The van der Waals surface area contributed by atoms with E-state index in [1.54, 1.807) is 48.4 Å². The number of likely N-dealkylation sites (N-methyl/N-ethyl adjacent to an activating group) is 1. The van der Waals surface area contributed by atoms with Crippen LogP contribution in [0.4, 0.5) is 5.69 Å². The smallest absolute Gasteiger partial charge is 0.313 e. The molecule has 260 valence electrons. The summed E-state index contributed by atoms with van der Waals surface area (Å²) in [5.41, 5.74) is -0.422. The Balaban J connectivity index is 1.52. The van der Waals surface area contributed by atoms with E-state index < -0.39 is 72.2 Å². The van der Waals surface area contributed by atoms with Crippen LogP contribution in [-0.4, -0.2) is 88.6 Å². The number of nitrogens with zero attached hydrogens (tertiary/aromatic N) is 3. The number of anilines is 1. The Morgan fingerprint density at radius 1 is 1.00 bits per heavy atom. The average molecular weight is 755 g/mol. The van der Waals surface area contributed by atoms with Crippen molar-refractivity contribution in [2.24, 2.45) is 17.8 Å². The van der Waals surface area contributed by atoms with Gasteiger partial charge in [0.05, 0.1) is 35.3 Å². The number of aliphatic hydroxyl groups is 1. The van der Waals surface area contributed by atoms with Gasteiger partial charge in [0.25, 0.3) is 5.91 Å². The molecule has 10 nitrogen and oxygen atoms in total. The monoisotopic (exact) mass is 753 g/mol. The van der Waals surface area contributed by atoms with Crippen LogP contribution >= 0.6 is 27.5 Å². The van der Waals surface area contributed by atoms with Gasteiger partial charge in [0.2, 0.25) is 11.8 Å². The molecule has 0 radical (unpaired) electrons. The minimum absolute atomic E-state index is 0.0869. The van der Waals surface area contributed by atoms with E-state index in [0.717, 1.165) is 0 Å². The van der Waals surface area contributed by atoms with E-state index in [2.05, 4.69) is 15.9 Å². The zero-order chi connectivity index (χ0) is 35.2. The molecule has 2 fully saturated rings. The zero-order valence-corrected chi connectivity index (χ0v) is 30.2. The number of para-hydroxylation sites is 1. The second-order valence-corrected chi connectivity index (χ2v) is 14.8. The zero-order valence-electron chi connectivity index (χ0n) is 27.9. The van der Waals surface area contributed by atoms with Crippen LogP contribution in [0.5, 0.6) is 0 Å². The fourth-order valence-corrected chi connectivity index (χ4v) is 8.68. The van der Waals surface area contributed by atoms with Crippen LogP contribution in [0.15, 0.2) is 77.3 Å². The van der Waals surface area contributed by atoms with Gasteiger partial charge in [0, 0.05) is 24.5 Å². The molecule has 0 saturated carbocycles. The van der Waals surface area contributed by atoms with Crippen LogP contribution in [-0.2, 0) is 28.7 Å². The van der Waals surface area contributed by atoms with Crippen molar-refractivity contribution in [3.8, 4) is 0 Å². The Morgan fingerprint density at radius 2 is 1.69 bits per heavy atom. The van der Waals surface area contributed by atoms with Gasteiger partial charge in [-0.05, 0) is 43.0 Å². The topological polar surface area (TPSA) is 117 Å². The highest BCUT2D eigenvalue weighted by molar-refractivity contribution is 9.11. The van der Waals surface area contributed by atoms with Crippen molar-refractivity contribution >= 4 is 56.9 Å². The number of likely N-dealkylation sites (tertiary alicyclic amines) is 1. The number of cyclic esters (lactones) is 1. The van der Waals surface area contributed by atoms with Crippen molar-refractivity contribution in [3.63, 3.8) is 0 Å². The summed E-state index contributed by atoms with van der Waals surface area (Å²) in [5.74, 6) is -4.23. The number of carbonyl (C=O) groups excluding carboxylic acids is 4. The third-order valence-corrected chi connectivity index (χ3v) is 11.4. The molecule has 1 N–H and O–H groups in total. The summed E-state index contributed by atoms with van der Waals surface area (Å²) in [6, 6.07) is 13.6. The summed E-state index contributed by atoms with van der Waals surface area (Å²) < 4.78 is 13.5. The lowest BCUT2D eigenvalue weighted by atomic mass is 9.74. The maximum atomic E-state index is 15.1. The van der Waals surface area contributed by atoms with Gasteiger partial charge in [0.15, 0.2) is 0 Å². The summed E-state index contributed by atoms with van der Waals surface area (Å²) >= 11 is 10.3. The number of carbonyl (C=O) groups is 4. The predicted octanol–water partition coefficient (Wildman–Crippen LogP) is 5.04. The number of fused-ring (bicyclic) bond motifs is 2. The average Bonchev–Trinajstić information content (AvgIpc) is 3.68. The number of aliphatic hydroxyl groups excluding tert-OH is 1. The summed E-state index contributed by atoms with van der Waals surface area (Å²) in [6.07, 6.45) is 4.24. The minimum Gasteiger partial charge on any atom is -0.455 e. The molecule has 12 heteroatoms. The second kappa shape index (κ2) is 14.0. The number of esters is 1. The molecule has 2 aromatic carbocycles. The van der Waals surface area contributed by atoms with E-state index in [9.17, 15) is 19.5 Å². The molecule has 1 spiro atoms. The third kappa shape index (κ3) is 6.02. The highest BCUT2D eigenvalue weighted by atomic mass is 79.9. The first kappa shape index (κ1) is 35.3. The molecule has 4 heterocycles. The van der Waals surface area contributed by atoms with Crippen molar-refractivity contribution in [2.75, 3.05) is 25.1 Å². The van der Waals surface area contributed by atoms with Gasteiger partial charge in [-0.2, -0.15) is 0 Å². The van der Waals surface area contributed by atoms with Gasteiger partial charge < -0.3 is 29.3 Å². The third-order valence-electron chi connectivity index (χ3n) is 10.4. The summed E-state index contributed by atoms with van der Waals surface area (Å²) in [5, 5.41) is 11.0. The number of rotatable bonds is 5. The van der Waals surface area contributed by atoms with E-state index in [-0.39, 0.29) is 24.8 Å². The first-order valence-electron chi connectivity index (χ1n) is 16.6. The Kier molecular flexibility index (Phi) is 10.1. The summed E-state index contributed by atoms with van der Waals surface area (Å²) in [7, 11) is 1.69. The Bertz CT molecular complexity index is 1680. The van der Waals surface area contributed by atoms with Crippen LogP contribution in [0.25, 0.3) is 0 Å². The number of ether oxygens (including phenoxy) is 2. The van der Waals surface area contributed by atoms with Gasteiger partial charge >= 0.3 is 5.97 Å². The van der Waals surface area contributed by atoms with Crippen LogP contribution in [0.1, 0.15) is 45.3 Å². The van der Waals surface area contributed by atoms with E-state index >= 15 is 4.79 Å². The SMILES string of the molecule is CC(C)[C@H](CO)N1C(=O)[C@@H]2[C@H]3C(=O)O[C@@H](c4ccccc4)[C@H](C)N(C)C(=O)CC/C=C\CN(c4ccccc4Cl)C(=O)[C@@H]1[C@]21C=C(Br)[C@H]3O1. The van der Waals surface area contributed by atoms with Crippen LogP contribution < -0.4 is 4.90 Å². The minimum atomic E-state index is -1.54. The first-order valence-corrected chi connectivity index (χ1v) is 17.8. The summed E-state index contributed by atoms with van der Waals surface area (Å²) in [4.78, 5) is 62.2. The molecule has 0 aliphatic carbocycles. The predicted molar refractivity (Wildman–Crippen MR) is 188 cm³/mol. The lowest BCUT2D eigenvalue weighted by Crippen LogP contribution is -2.59. The van der Waals surface area contributed by atoms with Gasteiger partial charge in [-0.3, -0.25) is 19.2 Å². The van der Waals surface area contributed by atoms with Gasteiger partial charge in [0.1, 0.15) is 29.8 Å². The lowest BCUT2D eigenvalue weighted by Gasteiger charge is -2.40. The van der Waals surface area contributed by atoms with E-state index in [4.69, 9.17) is 21.1 Å². The molecule has 5 bridgehead atoms. The number of hydrogen-bond donors (Lipinski definition) is 1. The molecule has 2 saturated heterocycles. The second-order valence-electron chi connectivity index (χ2n) is 13.5. The molecule has 49 heavy (non-hydrogen) atoms. The normalized spacial score (nSPS) is 32.0. The molecule has 3 amide bonds. The highest BCUT2D eigenvalue weighted by Crippen LogP contribution is 2.59. The Hall–Kier alpha value is -3.51. The summed E-state index contributed by atoms with van der Waals surface area (Å²) in [6.45, 7) is 5.25. The maximum absolute atomic E-state index is 15.1. The van der Waals surface area contributed by atoms with Crippen molar-refractivity contribution < 1.29 is 33.8 Å². The van der Waals surface area contributed by atoms with E-state index in [1.807, 2.05) is 57.2 Å². The number of hydrogen-bond acceptors (Lipinski definition) is 7. The standard InChI is InChI=1S/C37H41BrClN3O7/c1-21(2)27(20-43)42-33-35(46)41(26-16-11-10-15-25(26)39)18-12-6-9-17-28(44)40(4)22(3)31(23-13-7-5-8-14-23)48-36(47)29-30(34(42)45)37(33)19-24(38)32(29)49-37/h5-8,10-16,19,21-22,27,29-33,43H,9,17-18,20H2,1-4H3/b12-6-/t22-,27-,29+,30-,31+,32+,33+,37-/m0/s1. The Morgan fingerprint density at radius 3 is 2.37 bits per heavy atom. The van der Waals surface area contributed by atoms with Gasteiger partial charge in [-0.25, -0.2) is 0 Å². The number of benzene rings is 2. The van der Waals surface area contributed by atoms with Crippen molar-refractivity contribution in [2.45, 2.75) is 69.5 Å². The van der Waals surface area contributed by atoms with Crippen molar-refractivity contribution in [1.82, 2.24) is 9.80 Å². The largest absolute Gasteiger partial charge is 0.455 e. The highest BCUT2D eigenvalue weighted by Gasteiger charge is 2.75. The number of amides is 3. The van der Waals surface area contributed by atoms with E-state index in [0.29, 0.717) is 27.2 Å². The van der Waals surface area contributed by atoms with Crippen LogP contribution in [0.2, 0.25) is 5.02 Å². The van der Waals surface area contributed by atoms with Crippen LogP contribution in [0.3, 0.4) is 0 Å². The van der Waals surface area contributed by atoms with Gasteiger partial charge in [-0.1, -0.05) is 96.0 Å². The fourth-order valence-electron chi connectivity index (χ4n) is 7.71. The van der Waals surface area contributed by atoms with Crippen molar-refractivity contribution in [3.05, 3.63) is 87.9 Å². The molecular weight excluding hydrogens is 714 g/mol. The van der Waals surface area contributed by atoms with E-state index in [1.165, 1.54) is 9.80 Å². The molecule has 0 aromatic heterocycles. The molecule has 8 atom stereocenters.